The number of carbonyl (C=O) groups excluding carboxylic acids is 2. The summed E-state index contributed by atoms with van der Waals surface area (Å²) in [6.45, 7) is 0. The first-order valence-electron chi connectivity index (χ1n) is 4.62. The molecular formula is C10H10BBrN2O2. The van der Waals surface area contributed by atoms with Crippen LogP contribution >= 0.6 is 15.9 Å². The molecule has 2 amide bonds. The number of hydrogen-bond donors (Lipinski definition) is 2. The molecule has 82 valence electrons. The highest BCUT2D eigenvalue weighted by Gasteiger charge is 2.06. The van der Waals surface area contributed by atoms with E-state index in [-0.39, 0.29) is 23.5 Å². The number of hydrogen-bond acceptors (Lipinski definition) is 2. The molecule has 0 aromatic heterocycles. The minimum absolute atomic E-state index is 0.0965. The lowest BCUT2D eigenvalue weighted by Crippen LogP contribution is -2.16. The van der Waals surface area contributed by atoms with E-state index in [2.05, 4.69) is 26.6 Å². The minimum Gasteiger partial charge on any atom is -0.325 e. The molecule has 0 fully saturated rings. The molecule has 0 unspecified atom stereocenters. The lowest BCUT2D eigenvalue weighted by molar-refractivity contribution is -0.115. The average Bonchev–Trinajstić information content (AvgIpc) is 2.31. The molecule has 0 bridgehead atoms. The van der Waals surface area contributed by atoms with Crippen molar-refractivity contribution in [1.82, 2.24) is 0 Å². The molecule has 0 heterocycles. The third-order valence-corrected chi connectivity index (χ3v) is 2.29. The first-order valence-corrected chi connectivity index (χ1v) is 5.74. The van der Waals surface area contributed by atoms with Crippen molar-refractivity contribution in [2.75, 3.05) is 16.0 Å². The summed E-state index contributed by atoms with van der Waals surface area (Å²) >= 11 is 3.04. The zero-order valence-corrected chi connectivity index (χ0v) is 10.1. The number of rotatable bonds is 4. The SMILES string of the molecule is [B]CC(=O)Nc1ccccc1NC(=O)CBr. The van der Waals surface area contributed by atoms with Crippen LogP contribution in [0.15, 0.2) is 24.3 Å². The van der Waals surface area contributed by atoms with Gasteiger partial charge in [0.2, 0.25) is 11.8 Å². The fourth-order valence-corrected chi connectivity index (χ4v) is 1.23. The van der Waals surface area contributed by atoms with E-state index in [0.29, 0.717) is 11.4 Å². The van der Waals surface area contributed by atoms with Gasteiger partial charge in [-0.15, -0.1) is 0 Å². The highest BCUT2D eigenvalue weighted by molar-refractivity contribution is 9.09. The second kappa shape index (κ2) is 6.32. The van der Waals surface area contributed by atoms with Crippen molar-refractivity contribution in [3.8, 4) is 0 Å². The third-order valence-electron chi connectivity index (χ3n) is 1.78. The standard InChI is InChI=1S/C10H10BBrN2O2/c11-5-9(15)13-7-3-1-2-4-8(7)14-10(16)6-12/h1-4H,5-6H2,(H,13,15)(H,14,16). The fraction of sp³-hybridized carbons (Fsp3) is 0.200. The van der Waals surface area contributed by atoms with Gasteiger partial charge in [-0.25, -0.2) is 0 Å². The molecule has 6 heteroatoms. The molecule has 0 atom stereocenters. The van der Waals surface area contributed by atoms with E-state index in [9.17, 15) is 9.59 Å². The summed E-state index contributed by atoms with van der Waals surface area (Å²) in [4.78, 5) is 22.3. The average molecular weight is 281 g/mol. The monoisotopic (exact) mass is 280 g/mol. The van der Waals surface area contributed by atoms with Gasteiger partial charge in [-0.1, -0.05) is 28.1 Å². The number of benzene rings is 1. The summed E-state index contributed by atoms with van der Waals surface area (Å²) < 4.78 is 0. The molecule has 0 aliphatic carbocycles. The smallest absolute Gasteiger partial charge is 0.235 e. The van der Waals surface area contributed by atoms with E-state index in [1.54, 1.807) is 24.3 Å². The van der Waals surface area contributed by atoms with Crippen LogP contribution in [0.3, 0.4) is 0 Å². The van der Waals surface area contributed by atoms with Crippen LogP contribution in [0.1, 0.15) is 0 Å². The maximum absolute atomic E-state index is 11.2. The van der Waals surface area contributed by atoms with Crippen molar-refractivity contribution in [1.29, 1.82) is 0 Å². The van der Waals surface area contributed by atoms with Crippen molar-refractivity contribution in [2.45, 2.75) is 6.32 Å². The highest BCUT2D eigenvalue weighted by atomic mass is 79.9. The largest absolute Gasteiger partial charge is 0.325 e. The first-order chi connectivity index (χ1) is 7.67. The number of halogens is 1. The summed E-state index contributed by atoms with van der Waals surface area (Å²) in [5.41, 5.74) is 1.08. The molecule has 2 N–H and O–H groups in total. The van der Waals surface area contributed by atoms with Crippen LogP contribution < -0.4 is 10.6 Å². The van der Waals surface area contributed by atoms with Crippen molar-refractivity contribution >= 4 is 47.0 Å². The molecule has 4 nitrogen and oxygen atoms in total. The number of anilines is 2. The fourth-order valence-electron chi connectivity index (χ4n) is 1.09. The van der Waals surface area contributed by atoms with E-state index >= 15 is 0 Å². The lowest BCUT2D eigenvalue weighted by Gasteiger charge is -2.10. The molecule has 16 heavy (non-hydrogen) atoms. The molecule has 1 aromatic carbocycles. The van der Waals surface area contributed by atoms with Crippen LogP contribution in [-0.4, -0.2) is 25.0 Å². The summed E-state index contributed by atoms with van der Waals surface area (Å²) in [6.07, 6.45) is -0.0965. The number of para-hydroxylation sites is 2. The third kappa shape index (κ3) is 3.69. The zero-order valence-electron chi connectivity index (χ0n) is 8.50. The summed E-state index contributed by atoms with van der Waals surface area (Å²) in [6, 6.07) is 6.92. The lowest BCUT2D eigenvalue weighted by atomic mass is 10.0. The summed E-state index contributed by atoms with van der Waals surface area (Å²) in [7, 11) is 5.19. The zero-order chi connectivity index (χ0) is 12.0. The Bertz CT molecular complexity index is 361. The maximum Gasteiger partial charge on any atom is 0.235 e. The van der Waals surface area contributed by atoms with Crippen LogP contribution in [0.25, 0.3) is 0 Å². The van der Waals surface area contributed by atoms with Crippen LogP contribution in [0.5, 0.6) is 0 Å². The molecular weight excluding hydrogens is 271 g/mol. The molecule has 0 aliphatic heterocycles. The van der Waals surface area contributed by atoms with Gasteiger partial charge in [0.25, 0.3) is 0 Å². The van der Waals surface area contributed by atoms with Gasteiger partial charge in [0, 0.05) is 0 Å². The quantitative estimate of drug-likeness (QED) is 0.649. The van der Waals surface area contributed by atoms with Crippen LogP contribution in [0.4, 0.5) is 11.4 Å². The Labute approximate surface area is 103 Å². The van der Waals surface area contributed by atoms with Gasteiger partial charge in [0.1, 0.15) is 0 Å². The molecule has 1 rings (SSSR count). The molecule has 0 spiro atoms. The Hall–Kier alpha value is -1.30. The second-order valence-electron chi connectivity index (χ2n) is 2.98. The Kier molecular flexibility index (Phi) is 5.05. The van der Waals surface area contributed by atoms with Gasteiger partial charge >= 0.3 is 0 Å². The molecule has 0 aliphatic rings. The minimum atomic E-state index is -0.305. The van der Waals surface area contributed by atoms with Crippen molar-refractivity contribution in [3.63, 3.8) is 0 Å². The van der Waals surface area contributed by atoms with E-state index in [1.165, 1.54) is 0 Å². The Balaban J connectivity index is 2.83. The molecule has 0 saturated heterocycles. The maximum atomic E-state index is 11.2. The number of nitrogens with one attached hydrogen (secondary N) is 2. The normalized spacial score (nSPS) is 9.56. The van der Waals surface area contributed by atoms with Crippen molar-refractivity contribution in [2.24, 2.45) is 0 Å². The first kappa shape index (κ1) is 12.8. The molecule has 1 aromatic rings. The predicted molar refractivity (Wildman–Crippen MR) is 68.1 cm³/mol. The highest BCUT2D eigenvalue weighted by Crippen LogP contribution is 2.21. The number of amides is 2. The number of carbonyl (C=O) groups is 2. The van der Waals surface area contributed by atoms with Gasteiger partial charge in [0.05, 0.1) is 24.6 Å². The van der Waals surface area contributed by atoms with Crippen LogP contribution in [-0.2, 0) is 9.59 Å². The van der Waals surface area contributed by atoms with Gasteiger partial charge in [-0.3, -0.25) is 9.59 Å². The Morgan fingerprint density at radius 3 is 2.06 bits per heavy atom. The van der Waals surface area contributed by atoms with E-state index < -0.39 is 0 Å². The van der Waals surface area contributed by atoms with E-state index in [0.717, 1.165) is 0 Å². The van der Waals surface area contributed by atoms with Gasteiger partial charge in [-0.2, -0.15) is 0 Å². The number of alkyl halides is 1. The van der Waals surface area contributed by atoms with Crippen molar-refractivity contribution in [3.05, 3.63) is 24.3 Å². The second-order valence-corrected chi connectivity index (χ2v) is 3.54. The Morgan fingerprint density at radius 2 is 1.62 bits per heavy atom. The van der Waals surface area contributed by atoms with Gasteiger partial charge in [0.15, 0.2) is 0 Å². The van der Waals surface area contributed by atoms with Crippen LogP contribution in [0, 0.1) is 0 Å². The van der Waals surface area contributed by atoms with Crippen molar-refractivity contribution < 1.29 is 9.59 Å². The van der Waals surface area contributed by atoms with Gasteiger partial charge in [-0.05, 0) is 18.5 Å². The van der Waals surface area contributed by atoms with E-state index in [1.807, 2.05) is 0 Å². The topological polar surface area (TPSA) is 58.2 Å². The van der Waals surface area contributed by atoms with Gasteiger partial charge < -0.3 is 10.6 Å². The Morgan fingerprint density at radius 1 is 1.12 bits per heavy atom. The predicted octanol–water partition coefficient (Wildman–Crippen LogP) is 1.55. The molecule has 0 saturated carbocycles. The summed E-state index contributed by atoms with van der Waals surface area (Å²) in [5.74, 6) is -0.491. The van der Waals surface area contributed by atoms with Crippen LogP contribution in [0.2, 0.25) is 6.32 Å². The van der Waals surface area contributed by atoms with E-state index in [4.69, 9.17) is 7.85 Å². The summed E-state index contributed by atoms with van der Waals surface area (Å²) in [5, 5.41) is 5.44. The molecule has 2 radical (unpaired) electrons.